The highest BCUT2D eigenvalue weighted by Crippen LogP contribution is 2.31. The molecule has 0 aliphatic heterocycles. The number of nitrogens with zero attached hydrogens (tertiary/aromatic N) is 3. The number of fused-ring (bicyclic) bond motifs is 1. The third-order valence-corrected chi connectivity index (χ3v) is 5.21. The fourth-order valence-electron chi connectivity index (χ4n) is 3.44. The Morgan fingerprint density at radius 3 is 2.47 bits per heavy atom. The van der Waals surface area contributed by atoms with E-state index < -0.39 is 0 Å². The average Bonchev–Trinajstić information content (AvgIpc) is 2.84. The summed E-state index contributed by atoms with van der Waals surface area (Å²) in [4.78, 5) is 35.3. The molecule has 4 rings (SSSR count). The van der Waals surface area contributed by atoms with Crippen LogP contribution in [0.5, 0.6) is 11.5 Å². The van der Waals surface area contributed by atoms with Crippen LogP contribution in [0, 0.1) is 6.92 Å². The number of amides is 2. The molecule has 2 aromatic heterocycles. The van der Waals surface area contributed by atoms with Crippen molar-refractivity contribution in [1.82, 2.24) is 14.9 Å². The van der Waals surface area contributed by atoms with Crippen LogP contribution in [0.1, 0.15) is 15.9 Å². The molecule has 182 valence electrons. The van der Waals surface area contributed by atoms with Crippen molar-refractivity contribution in [3.8, 4) is 11.5 Å². The Morgan fingerprint density at radius 2 is 1.72 bits per heavy atom. The summed E-state index contributed by atoms with van der Waals surface area (Å²) in [6.07, 6.45) is 6.63. The molecule has 36 heavy (non-hydrogen) atoms. The molecule has 8 nitrogen and oxygen atoms in total. The first-order chi connectivity index (χ1) is 17.4. The van der Waals surface area contributed by atoms with Gasteiger partial charge in [0.1, 0.15) is 17.3 Å². The lowest BCUT2D eigenvalue weighted by Crippen LogP contribution is -2.13. The van der Waals surface area contributed by atoms with E-state index in [0.717, 1.165) is 16.5 Å². The number of anilines is 2. The highest BCUT2D eigenvalue weighted by molar-refractivity contribution is 6.04. The van der Waals surface area contributed by atoms with Gasteiger partial charge in [-0.15, -0.1) is 0 Å². The van der Waals surface area contributed by atoms with Gasteiger partial charge in [0.25, 0.3) is 5.91 Å². The van der Waals surface area contributed by atoms with Crippen LogP contribution in [0.4, 0.5) is 11.5 Å². The molecular formula is C28H27N5O3. The fraction of sp³-hybridized carbons (Fsp3) is 0.143. The van der Waals surface area contributed by atoms with E-state index in [-0.39, 0.29) is 11.8 Å². The molecule has 0 saturated carbocycles. The molecule has 0 atom stereocenters. The molecule has 4 aromatic rings. The second-order valence-electron chi connectivity index (χ2n) is 8.49. The van der Waals surface area contributed by atoms with Crippen molar-refractivity contribution < 1.29 is 14.3 Å². The molecule has 0 saturated heterocycles. The van der Waals surface area contributed by atoms with Gasteiger partial charge >= 0.3 is 0 Å². The molecule has 2 amide bonds. The van der Waals surface area contributed by atoms with E-state index in [4.69, 9.17) is 4.74 Å². The van der Waals surface area contributed by atoms with Crippen LogP contribution in [0.3, 0.4) is 0 Å². The van der Waals surface area contributed by atoms with Gasteiger partial charge in [0.2, 0.25) is 5.91 Å². The zero-order valence-electron chi connectivity index (χ0n) is 20.4. The Balaban J connectivity index is 1.47. The van der Waals surface area contributed by atoms with Crippen LogP contribution < -0.4 is 15.4 Å². The van der Waals surface area contributed by atoms with E-state index in [1.54, 1.807) is 60.9 Å². The molecular weight excluding hydrogens is 454 g/mol. The topological polar surface area (TPSA) is 96.5 Å². The van der Waals surface area contributed by atoms with E-state index in [1.165, 1.54) is 6.08 Å². The molecule has 8 heteroatoms. The van der Waals surface area contributed by atoms with E-state index >= 15 is 0 Å². The quantitative estimate of drug-likeness (QED) is 0.342. The summed E-state index contributed by atoms with van der Waals surface area (Å²) in [6.45, 7) is 2.61. The maximum absolute atomic E-state index is 12.6. The molecule has 0 fully saturated rings. The van der Waals surface area contributed by atoms with Crippen LogP contribution in [0.25, 0.3) is 10.9 Å². The maximum Gasteiger partial charge on any atom is 0.256 e. The summed E-state index contributed by atoms with van der Waals surface area (Å²) in [5, 5.41) is 6.41. The van der Waals surface area contributed by atoms with E-state index in [9.17, 15) is 9.59 Å². The minimum atomic E-state index is -0.256. The summed E-state index contributed by atoms with van der Waals surface area (Å²) in [5.41, 5.74) is 2.86. The van der Waals surface area contributed by atoms with Crippen molar-refractivity contribution in [2.45, 2.75) is 6.92 Å². The fourth-order valence-corrected chi connectivity index (χ4v) is 3.44. The molecule has 2 N–H and O–H groups in total. The Kier molecular flexibility index (Phi) is 7.67. The average molecular weight is 482 g/mol. The van der Waals surface area contributed by atoms with Gasteiger partial charge in [0, 0.05) is 41.7 Å². The van der Waals surface area contributed by atoms with Gasteiger partial charge in [-0.25, -0.2) is 4.98 Å². The molecule has 0 spiro atoms. The van der Waals surface area contributed by atoms with Gasteiger partial charge in [0.15, 0.2) is 0 Å². The number of benzene rings is 2. The number of aromatic nitrogens is 2. The van der Waals surface area contributed by atoms with E-state index in [2.05, 4.69) is 20.6 Å². The number of hydrogen-bond acceptors (Lipinski definition) is 6. The first-order valence-corrected chi connectivity index (χ1v) is 11.4. The zero-order chi connectivity index (χ0) is 25.5. The highest BCUT2D eigenvalue weighted by atomic mass is 16.5. The van der Waals surface area contributed by atoms with Gasteiger partial charge in [0.05, 0.1) is 5.52 Å². The van der Waals surface area contributed by atoms with Crippen molar-refractivity contribution in [2.24, 2.45) is 0 Å². The second kappa shape index (κ2) is 11.2. The lowest BCUT2D eigenvalue weighted by Gasteiger charge is -2.11. The summed E-state index contributed by atoms with van der Waals surface area (Å²) >= 11 is 0. The minimum absolute atomic E-state index is 0.211. The maximum atomic E-state index is 12.6. The number of ether oxygens (including phenoxy) is 1. The number of carbonyl (C=O) groups is 2. The van der Waals surface area contributed by atoms with Gasteiger partial charge < -0.3 is 20.3 Å². The molecule has 0 aliphatic rings. The molecule has 2 heterocycles. The normalized spacial score (nSPS) is 11.1. The molecule has 2 aromatic carbocycles. The van der Waals surface area contributed by atoms with Gasteiger partial charge in [-0.2, -0.15) is 0 Å². The van der Waals surface area contributed by atoms with Crippen LogP contribution in [-0.2, 0) is 4.79 Å². The van der Waals surface area contributed by atoms with Gasteiger partial charge in [-0.05, 0) is 87.2 Å². The molecule has 0 radical (unpaired) electrons. The first kappa shape index (κ1) is 24.6. The number of pyridine rings is 2. The van der Waals surface area contributed by atoms with E-state index in [0.29, 0.717) is 35.1 Å². The largest absolute Gasteiger partial charge is 0.457 e. The molecule has 0 bridgehead atoms. The van der Waals surface area contributed by atoms with Crippen molar-refractivity contribution in [3.05, 3.63) is 96.3 Å². The summed E-state index contributed by atoms with van der Waals surface area (Å²) < 4.78 is 6.10. The van der Waals surface area contributed by atoms with Crippen molar-refractivity contribution in [2.75, 3.05) is 31.3 Å². The van der Waals surface area contributed by atoms with Crippen molar-refractivity contribution in [3.63, 3.8) is 0 Å². The van der Waals surface area contributed by atoms with Gasteiger partial charge in [-0.1, -0.05) is 6.08 Å². The Hall–Kier alpha value is -4.56. The Labute approximate surface area is 209 Å². The first-order valence-electron chi connectivity index (χ1n) is 11.4. The number of aryl methyl sites for hydroxylation is 1. The predicted molar refractivity (Wildman–Crippen MR) is 142 cm³/mol. The van der Waals surface area contributed by atoms with Crippen molar-refractivity contribution >= 4 is 34.2 Å². The Bertz CT molecular complexity index is 1410. The van der Waals surface area contributed by atoms with E-state index in [1.807, 2.05) is 44.1 Å². The summed E-state index contributed by atoms with van der Waals surface area (Å²) in [7, 11) is 3.87. The zero-order valence-corrected chi connectivity index (χ0v) is 20.4. The number of nitrogens with one attached hydrogen (secondary N) is 2. The Morgan fingerprint density at radius 1 is 0.944 bits per heavy atom. The van der Waals surface area contributed by atoms with Crippen LogP contribution >= 0.6 is 0 Å². The van der Waals surface area contributed by atoms with Crippen LogP contribution in [0.15, 0.2) is 85.2 Å². The third-order valence-electron chi connectivity index (χ3n) is 5.21. The lowest BCUT2D eigenvalue weighted by molar-refractivity contribution is -0.111. The second-order valence-corrected chi connectivity index (χ2v) is 8.49. The minimum Gasteiger partial charge on any atom is -0.457 e. The third kappa shape index (κ3) is 6.52. The molecule has 0 unspecified atom stereocenters. The number of carbonyl (C=O) groups excluding carboxylic acids is 2. The lowest BCUT2D eigenvalue weighted by atomic mass is 10.1. The summed E-state index contributed by atoms with van der Waals surface area (Å²) in [5.74, 6) is 1.18. The number of likely N-dealkylation sites (N-methyl/N-ethyl adjacent to an activating group) is 1. The van der Waals surface area contributed by atoms with Gasteiger partial charge in [-0.3, -0.25) is 14.6 Å². The predicted octanol–water partition coefficient (Wildman–Crippen LogP) is 5.04. The standard InChI is InChI=1S/C28H27N5O3/c1-19-12-14-30-26(17-19)32-28(35)20-6-9-22(10-7-20)36-25-13-15-29-24-11-8-21(18-23(24)25)31-27(34)5-4-16-33(2)3/h4-15,17-18H,16H2,1-3H3,(H,31,34)(H,30,32,35)/b5-4+. The smallest absolute Gasteiger partial charge is 0.256 e. The van der Waals surface area contributed by atoms with Crippen LogP contribution in [-0.4, -0.2) is 47.3 Å². The number of hydrogen-bond donors (Lipinski definition) is 2. The SMILES string of the molecule is Cc1ccnc(NC(=O)c2ccc(Oc3ccnc4ccc(NC(=O)/C=C/CN(C)C)cc34)cc2)c1. The van der Waals surface area contributed by atoms with Crippen molar-refractivity contribution in [1.29, 1.82) is 0 Å². The highest BCUT2D eigenvalue weighted by Gasteiger charge is 2.10. The van der Waals surface area contributed by atoms with Crippen LogP contribution in [0.2, 0.25) is 0 Å². The molecule has 0 aliphatic carbocycles. The summed E-state index contributed by atoms with van der Waals surface area (Å²) in [6, 6.07) is 17.7. The monoisotopic (exact) mass is 481 g/mol. The number of rotatable bonds is 8.